The average Bonchev–Trinajstić information content (AvgIpc) is 2.47. The van der Waals surface area contributed by atoms with E-state index in [9.17, 15) is 9.59 Å². The molecule has 116 valence electrons. The summed E-state index contributed by atoms with van der Waals surface area (Å²) in [5.41, 5.74) is 2.39. The zero-order valence-electron chi connectivity index (χ0n) is 12.5. The van der Waals surface area contributed by atoms with Crippen LogP contribution < -0.4 is 5.48 Å². The molecule has 20 heavy (non-hydrogen) atoms. The molecule has 1 aliphatic heterocycles. The molecule has 1 N–H and O–H groups in total. The van der Waals surface area contributed by atoms with Gasteiger partial charge in [-0.05, 0) is 33.1 Å². The monoisotopic (exact) mass is 286 g/mol. The van der Waals surface area contributed by atoms with Crippen molar-refractivity contribution in [1.29, 1.82) is 0 Å². The van der Waals surface area contributed by atoms with Gasteiger partial charge in [-0.3, -0.25) is 9.59 Å². The molecule has 6 nitrogen and oxygen atoms in total. The number of hydrogen-bond acceptors (Lipinski definition) is 4. The fraction of sp³-hybridized carbons (Fsp3) is 0.857. The van der Waals surface area contributed by atoms with Crippen LogP contribution in [0.25, 0.3) is 0 Å². The number of nitrogens with one attached hydrogen (secondary N) is 1. The number of hydrogen-bond donors (Lipinski definition) is 1. The van der Waals surface area contributed by atoms with Crippen LogP contribution in [0.15, 0.2) is 0 Å². The Kier molecular flexibility index (Phi) is 8.22. The van der Waals surface area contributed by atoms with Crippen molar-refractivity contribution >= 4 is 11.8 Å². The molecular weight excluding hydrogens is 260 g/mol. The van der Waals surface area contributed by atoms with E-state index in [0.717, 1.165) is 19.3 Å². The lowest BCUT2D eigenvalue weighted by molar-refractivity contribution is -0.200. The first kappa shape index (κ1) is 16.9. The van der Waals surface area contributed by atoms with Crippen LogP contribution in [0.5, 0.6) is 0 Å². The SMILES string of the molecule is CCN(CC)C(=O)CCCC(=O)NOC1CCCCO1. The minimum absolute atomic E-state index is 0.0966. The number of hydroxylamine groups is 1. The topological polar surface area (TPSA) is 67.9 Å². The van der Waals surface area contributed by atoms with Crippen molar-refractivity contribution in [2.45, 2.75) is 58.7 Å². The highest BCUT2D eigenvalue weighted by atomic mass is 16.8. The van der Waals surface area contributed by atoms with Gasteiger partial charge in [0.15, 0.2) is 6.29 Å². The van der Waals surface area contributed by atoms with Gasteiger partial charge in [-0.2, -0.15) is 0 Å². The van der Waals surface area contributed by atoms with Crippen molar-refractivity contribution in [3.63, 3.8) is 0 Å². The van der Waals surface area contributed by atoms with Gasteiger partial charge in [0.1, 0.15) is 0 Å². The smallest absolute Gasteiger partial charge is 0.243 e. The highest BCUT2D eigenvalue weighted by Crippen LogP contribution is 2.12. The molecule has 1 fully saturated rings. The van der Waals surface area contributed by atoms with Crippen LogP contribution in [0.4, 0.5) is 0 Å². The molecular formula is C14H26N2O4. The normalized spacial score (nSPS) is 18.6. The van der Waals surface area contributed by atoms with Gasteiger partial charge in [0.2, 0.25) is 11.8 Å². The number of ether oxygens (including phenoxy) is 1. The first-order valence-corrected chi connectivity index (χ1v) is 7.51. The van der Waals surface area contributed by atoms with E-state index in [-0.39, 0.29) is 18.1 Å². The van der Waals surface area contributed by atoms with Crippen LogP contribution in [-0.4, -0.2) is 42.7 Å². The van der Waals surface area contributed by atoms with E-state index in [1.165, 1.54) is 0 Å². The first-order valence-electron chi connectivity index (χ1n) is 7.51. The lowest BCUT2D eigenvalue weighted by atomic mass is 10.2. The Morgan fingerprint density at radius 3 is 2.60 bits per heavy atom. The largest absolute Gasteiger partial charge is 0.350 e. The van der Waals surface area contributed by atoms with E-state index in [0.29, 0.717) is 39.0 Å². The molecule has 2 amide bonds. The molecule has 0 aromatic carbocycles. The summed E-state index contributed by atoms with van der Waals surface area (Å²) in [5, 5.41) is 0. The second kappa shape index (κ2) is 9.72. The lowest BCUT2D eigenvalue weighted by Gasteiger charge is -2.22. The van der Waals surface area contributed by atoms with E-state index >= 15 is 0 Å². The van der Waals surface area contributed by atoms with Gasteiger partial charge >= 0.3 is 0 Å². The molecule has 1 saturated heterocycles. The third kappa shape index (κ3) is 6.34. The number of nitrogens with zero attached hydrogens (tertiary/aromatic N) is 1. The maximum absolute atomic E-state index is 11.7. The summed E-state index contributed by atoms with van der Waals surface area (Å²) >= 11 is 0. The molecule has 0 radical (unpaired) electrons. The van der Waals surface area contributed by atoms with Crippen LogP contribution in [0.2, 0.25) is 0 Å². The Bertz CT molecular complexity index is 300. The van der Waals surface area contributed by atoms with Gasteiger partial charge in [0.05, 0.1) is 0 Å². The third-order valence-electron chi connectivity index (χ3n) is 3.35. The van der Waals surface area contributed by atoms with Crippen molar-refractivity contribution in [3.8, 4) is 0 Å². The average molecular weight is 286 g/mol. The van der Waals surface area contributed by atoms with Gasteiger partial charge in [0.25, 0.3) is 0 Å². The van der Waals surface area contributed by atoms with Crippen molar-refractivity contribution < 1.29 is 19.2 Å². The molecule has 0 aromatic heterocycles. The summed E-state index contributed by atoms with van der Waals surface area (Å²) in [5.74, 6) is -0.106. The molecule has 0 aromatic rings. The fourth-order valence-electron chi connectivity index (χ4n) is 2.12. The second-order valence-electron chi connectivity index (χ2n) is 4.86. The van der Waals surface area contributed by atoms with E-state index in [1.807, 2.05) is 13.8 Å². The number of amides is 2. The zero-order valence-corrected chi connectivity index (χ0v) is 12.5. The van der Waals surface area contributed by atoms with Gasteiger partial charge in [-0.15, -0.1) is 0 Å². The van der Waals surface area contributed by atoms with Crippen molar-refractivity contribution in [2.24, 2.45) is 0 Å². The Morgan fingerprint density at radius 2 is 2.00 bits per heavy atom. The third-order valence-corrected chi connectivity index (χ3v) is 3.35. The molecule has 0 spiro atoms. The standard InChI is InChI=1S/C14H26N2O4/c1-3-16(4-2)13(18)9-7-8-12(17)15-20-14-10-5-6-11-19-14/h14H,3-11H2,1-2H3,(H,15,17). The lowest BCUT2D eigenvalue weighted by Crippen LogP contribution is -2.33. The van der Waals surface area contributed by atoms with Gasteiger partial charge in [0, 0.05) is 39.0 Å². The molecule has 6 heteroatoms. The summed E-state index contributed by atoms with van der Waals surface area (Å²) in [6.45, 7) is 6.00. The van der Waals surface area contributed by atoms with E-state index in [2.05, 4.69) is 5.48 Å². The summed E-state index contributed by atoms with van der Waals surface area (Å²) < 4.78 is 5.33. The van der Waals surface area contributed by atoms with E-state index < -0.39 is 0 Å². The van der Waals surface area contributed by atoms with Gasteiger partial charge in [-0.25, -0.2) is 10.3 Å². The predicted molar refractivity (Wildman–Crippen MR) is 74.6 cm³/mol. The minimum atomic E-state index is -0.329. The molecule has 1 aliphatic rings. The summed E-state index contributed by atoms with van der Waals surface area (Å²) in [7, 11) is 0. The second-order valence-corrected chi connectivity index (χ2v) is 4.86. The molecule has 0 aliphatic carbocycles. The quantitative estimate of drug-likeness (QED) is 0.688. The minimum Gasteiger partial charge on any atom is -0.350 e. The van der Waals surface area contributed by atoms with Crippen LogP contribution >= 0.6 is 0 Å². The molecule has 1 rings (SSSR count). The van der Waals surface area contributed by atoms with Crippen LogP contribution in [0, 0.1) is 0 Å². The fourth-order valence-corrected chi connectivity index (χ4v) is 2.12. The zero-order chi connectivity index (χ0) is 14.8. The van der Waals surface area contributed by atoms with Gasteiger partial charge < -0.3 is 9.64 Å². The molecule has 0 bridgehead atoms. The summed E-state index contributed by atoms with van der Waals surface area (Å²) in [6.07, 6.45) is 3.80. The van der Waals surface area contributed by atoms with Crippen molar-refractivity contribution in [3.05, 3.63) is 0 Å². The summed E-state index contributed by atoms with van der Waals surface area (Å²) in [4.78, 5) is 30.2. The highest BCUT2D eigenvalue weighted by molar-refractivity contribution is 5.78. The summed E-state index contributed by atoms with van der Waals surface area (Å²) in [6, 6.07) is 0. The van der Waals surface area contributed by atoms with E-state index in [1.54, 1.807) is 4.90 Å². The molecule has 1 heterocycles. The van der Waals surface area contributed by atoms with Gasteiger partial charge in [-0.1, -0.05) is 0 Å². The number of carbonyl (C=O) groups is 2. The Balaban J connectivity index is 2.08. The number of carbonyl (C=O) groups excluding carboxylic acids is 2. The molecule has 0 saturated carbocycles. The first-order chi connectivity index (χ1) is 9.67. The maximum atomic E-state index is 11.7. The Labute approximate surface area is 120 Å². The van der Waals surface area contributed by atoms with Crippen molar-refractivity contribution in [2.75, 3.05) is 19.7 Å². The van der Waals surface area contributed by atoms with Crippen LogP contribution in [0.1, 0.15) is 52.4 Å². The van der Waals surface area contributed by atoms with Crippen molar-refractivity contribution in [1.82, 2.24) is 10.4 Å². The Hall–Kier alpha value is -1.14. The Morgan fingerprint density at radius 1 is 1.25 bits per heavy atom. The van der Waals surface area contributed by atoms with Crippen LogP contribution in [-0.2, 0) is 19.2 Å². The number of rotatable bonds is 8. The molecule has 1 atom stereocenters. The highest BCUT2D eigenvalue weighted by Gasteiger charge is 2.16. The predicted octanol–water partition coefficient (Wildman–Crippen LogP) is 1.60. The maximum Gasteiger partial charge on any atom is 0.243 e. The van der Waals surface area contributed by atoms with E-state index in [4.69, 9.17) is 9.57 Å². The van der Waals surface area contributed by atoms with Crippen LogP contribution in [0.3, 0.4) is 0 Å². The molecule has 1 unspecified atom stereocenters.